The molecule has 16 nitrogen and oxygen atoms in total. The Kier molecular flexibility index (Phi) is 10.7. The molecule has 1 aromatic heterocycles. The van der Waals surface area contributed by atoms with Gasteiger partial charge in [0.15, 0.2) is 11.3 Å². The minimum absolute atomic E-state index is 0.0485. The van der Waals surface area contributed by atoms with E-state index in [0.29, 0.717) is 31.0 Å². The lowest BCUT2D eigenvalue weighted by molar-refractivity contribution is -0.0658. The van der Waals surface area contributed by atoms with Gasteiger partial charge in [-0.15, -0.1) is 0 Å². The maximum absolute atomic E-state index is 14.3. The van der Waals surface area contributed by atoms with Crippen LogP contribution < -0.4 is 15.5 Å². The summed E-state index contributed by atoms with van der Waals surface area (Å²) in [6, 6.07) is 1.89. The van der Waals surface area contributed by atoms with Crippen molar-refractivity contribution in [2.75, 3.05) is 13.3 Å². The van der Waals surface area contributed by atoms with Crippen molar-refractivity contribution in [3.8, 4) is 5.75 Å². The van der Waals surface area contributed by atoms with Crippen LogP contribution in [0.4, 0.5) is 13.6 Å². The van der Waals surface area contributed by atoms with Crippen LogP contribution in [0.1, 0.15) is 85.8 Å². The molecule has 0 radical (unpaired) electrons. The van der Waals surface area contributed by atoms with Crippen LogP contribution in [0.2, 0.25) is 0 Å². The summed E-state index contributed by atoms with van der Waals surface area (Å²) in [4.78, 5) is 79.3. The van der Waals surface area contributed by atoms with Crippen molar-refractivity contribution in [1.29, 1.82) is 0 Å². The van der Waals surface area contributed by atoms with Crippen LogP contribution in [0.3, 0.4) is 0 Å². The number of hydrogen-bond acceptors (Lipinski definition) is 11. The summed E-state index contributed by atoms with van der Waals surface area (Å²) in [5, 5.41) is 6.62. The number of carbonyl (C=O) groups excluding carboxylic acids is 3. The normalized spacial score (nSPS) is 22.5. The Morgan fingerprint density at radius 3 is 2.62 bits per heavy atom. The molecule has 19 heteroatoms. The number of benzene rings is 1. The Bertz CT molecular complexity index is 1820. The average molecular weight is 727 g/mol. The lowest BCUT2D eigenvalue weighted by Crippen LogP contribution is -2.52. The fourth-order valence-corrected chi connectivity index (χ4v) is 7.02. The minimum atomic E-state index is -4.77. The molecule has 0 unspecified atom stereocenters. The molecule has 0 saturated carbocycles. The molecule has 5 rings (SSSR count). The maximum atomic E-state index is 14.3. The van der Waals surface area contributed by atoms with E-state index in [2.05, 4.69) is 15.0 Å². The number of ether oxygens (including phenoxy) is 3. The number of aromatic nitrogens is 1. The van der Waals surface area contributed by atoms with Gasteiger partial charge in [-0.05, 0) is 46.6 Å². The number of rotatable bonds is 11. The van der Waals surface area contributed by atoms with Crippen LogP contribution >= 0.6 is 7.82 Å². The van der Waals surface area contributed by atoms with Gasteiger partial charge in [-0.3, -0.25) is 18.9 Å². The van der Waals surface area contributed by atoms with Crippen molar-refractivity contribution in [3.05, 3.63) is 63.1 Å². The van der Waals surface area contributed by atoms with Crippen LogP contribution in [0, 0.1) is 11.6 Å². The van der Waals surface area contributed by atoms with E-state index in [4.69, 9.17) is 28.8 Å². The number of oxime groups is 1. The number of halogens is 2. The summed E-state index contributed by atoms with van der Waals surface area (Å²) in [7, 11) is -4.77. The number of amides is 2. The Hall–Kier alpha value is -4.38. The number of phosphoric acid groups is 1. The van der Waals surface area contributed by atoms with E-state index in [1.807, 2.05) is 6.92 Å². The number of nitrogens with zero attached hydrogens (tertiary/aromatic N) is 3. The van der Waals surface area contributed by atoms with E-state index in [-0.39, 0.29) is 30.3 Å². The van der Waals surface area contributed by atoms with E-state index >= 15 is 0 Å². The molecule has 3 aliphatic rings. The standard InChI is InChI=1S/C31H37F2N4O12P/c1-16-11-31(49-35-16)8-7-17(2)36-14-24(31)37-13-22(28(39)34-12-20-5-6-21(32)10-23(20)33)26(38)27(25(37)29(36)40)45-15-46-30(41)47-18(3)9-19(4)48-50(42,43)44/h5-6,10,13,17-19,24H,7-9,11-12,14-15H2,1-4H3,(H,34,39)(H2,42,43,44)/t17-,18-,19-,24+,31-/m0/s1. The second-order valence-electron chi connectivity index (χ2n) is 12.6. The van der Waals surface area contributed by atoms with Gasteiger partial charge in [0.05, 0.1) is 17.9 Å². The minimum Gasteiger partial charge on any atom is -0.451 e. The second-order valence-corrected chi connectivity index (χ2v) is 13.8. The van der Waals surface area contributed by atoms with Gasteiger partial charge in [-0.1, -0.05) is 11.2 Å². The first-order valence-corrected chi connectivity index (χ1v) is 17.2. The van der Waals surface area contributed by atoms with E-state index in [9.17, 15) is 32.5 Å². The van der Waals surface area contributed by atoms with Gasteiger partial charge < -0.3 is 43.6 Å². The number of fused-ring (bicyclic) bond motifs is 5. The number of nitrogens with one attached hydrogen (secondary N) is 1. The zero-order valence-corrected chi connectivity index (χ0v) is 28.5. The van der Waals surface area contributed by atoms with Gasteiger partial charge in [0.2, 0.25) is 18.0 Å². The van der Waals surface area contributed by atoms with Crippen LogP contribution in [0.15, 0.2) is 34.3 Å². The highest BCUT2D eigenvalue weighted by Crippen LogP contribution is 2.46. The van der Waals surface area contributed by atoms with Crippen molar-refractivity contribution < 1.29 is 61.1 Å². The molecule has 2 amide bonds. The predicted octanol–water partition coefficient (Wildman–Crippen LogP) is 3.54. The Labute approximate surface area is 284 Å². The number of phosphoric ester groups is 1. The van der Waals surface area contributed by atoms with Crippen molar-refractivity contribution in [2.24, 2.45) is 5.16 Å². The molecule has 5 atom stereocenters. The summed E-state index contributed by atoms with van der Waals surface area (Å²) >= 11 is 0. The van der Waals surface area contributed by atoms with Gasteiger partial charge in [0.1, 0.15) is 23.3 Å². The van der Waals surface area contributed by atoms with Crippen molar-refractivity contribution in [2.45, 2.75) is 89.8 Å². The number of carbonyl (C=O) groups is 3. The molecule has 272 valence electrons. The van der Waals surface area contributed by atoms with Gasteiger partial charge in [-0.2, -0.15) is 0 Å². The topological polar surface area (TPSA) is 205 Å². The lowest BCUT2D eigenvalue weighted by Gasteiger charge is -2.42. The smallest absolute Gasteiger partial charge is 0.451 e. The molecular weight excluding hydrogens is 689 g/mol. The molecule has 1 aromatic carbocycles. The Morgan fingerprint density at radius 1 is 1.22 bits per heavy atom. The first-order chi connectivity index (χ1) is 23.5. The Morgan fingerprint density at radius 2 is 1.96 bits per heavy atom. The quantitative estimate of drug-likeness (QED) is 0.173. The van der Waals surface area contributed by atoms with E-state index < -0.39 is 91.4 Å². The highest BCUT2D eigenvalue weighted by atomic mass is 31.2. The van der Waals surface area contributed by atoms with Crippen molar-refractivity contribution in [3.63, 3.8) is 0 Å². The largest absolute Gasteiger partial charge is 0.511 e. The molecule has 1 fully saturated rings. The molecule has 3 N–H and O–H groups in total. The molecule has 2 aromatic rings. The molecule has 3 aliphatic heterocycles. The van der Waals surface area contributed by atoms with Gasteiger partial charge >= 0.3 is 14.0 Å². The van der Waals surface area contributed by atoms with Crippen molar-refractivity contribution >= 4 is 31.5 Å². The van der Waals surface area contributed by atoms with Gasteiger partial charge in [0, 0.05) is 49.8 Å². The third kappa shape index (κ3) is 7.98. The maximum Gasteiger partial charge on any atom is 0.511 e. The van der Waals surface area contributed by atoms with Crippen LogP contribution in [0.5, 0.6) is 5.75 Å². The highest BCUT2D eigenvalue weighted by Gasteiger charge is 2.54. The first-order valence-electron chi connectivity index (χ1n) is 15.7. The molecule has 4 heterocycles. The van der Waals surface area contributed by atoms with Crippen LogP contribution in [-0.2, 0) is 29.9 Å². The Balaban J connectivity index is 1.44. The molecule has 1 spiro atoms. The molecule has 2 bridgehead atoms. The van der Waals surface area contributed by atoms with Crippen LogP contribution in [-0.4, -0.2) is 80.1 Å². The molecular formula is C31H37F2N4O12P. The van der Waals surface area contributed by atoms with Gasteiger partial charge in [-0.25, -0.2) is 18.1 Å². The zero-order valence-electron chi connectivity index (χ0n) is 27.6. The number of hydrogen-bond donors (Lipinski definition) is 3. The second kappa shape index (κ2) is 14.5. The lowest BCUT2D eigenvalue weighted by atomic mass is 9.84. The molecule has 50 heavy (non-hydrogen) atoms. The van der Waals surface area contributed by atoms with Crippen molar-refractivity contribution in [1.82, 2.24) is 14.8 Å². The zero-order chi connectivity index (χ0) is 36.5. The summed E-state index contributed by atoms with van der Waals surface area (Å²) in [5.41, 5.74) is -2.00. The summed E-state index contributed by atoms with van der Waals surface area (Å²) in [6.07, 6.45) is -0.628. The van der Waals surface area contributed by atoms with E-state index in [1.54, 1.807) is 11.8 Å². The molecule has 0 aliphatic carbocycles. The monoisotopic (exact) mass is 726 g/mol. The predicted molar refractivity (Wildman–Crippen MR) is 168 cm³/mol. The summed E-state index contributed by atoms with van der Waals surface area (Å²) in [6.45, 7) is 5.26. The van der Waals surface area contributed by atoms with E-state index in [1.165, 1.54) is 24.6 Å². The fraction of sp³-hybridized carbons (Fsp3) is 0.516. The fourth-order valence-electron chi connectivity index (χ4n) is 6.47. The SMILES string of the molecule is CC1=NO[C@@]2(CC[C@H](C)N3C[C@H]2n2cc(C(=O)NCc4ccc(F)cc4F)c(=O)c(OCOC(=O)O[C@@H](C)C[C@H](C)OP(=O)(O)O)c2C3=O)C1. The van der Waals surface area contributed by atoms with E-state index in [0.717, 1.165) is 12.1 Å². The van der Waals surface area contributed by atoms with Crippen LogP contribution in [0.25, 0.3) is 0 Å². The third-order valence-electron chi connectivity index (χ3n) is 8.78. The summed E-state index contributed by atoms with van der Waals surface area (Å²) in [5.74, 6) is -3.85. The first kappa shape index (κ1) is 36.9. The summed E-state index contributed by atoms with van der Waals surface area (Å²) < 4.78 is 60.4. The molecule has 1 saturated heterocycles. The highest BCUT2D eigenvalue weighted by molar-refractivity contribution is 7.46. The average Bonchev–Trinajstić information content (AvgIpc) is 3.34. The van der Waals surface area contributed by atoms with Gasteiger partial charge in [0.25, 0.3) is 11.8 Å². The number of pyridine rings is 1. The third-order valence-corrected chi connectivity index (χ3v) is 9.42.